The third kappa shape index (κ3) is 3.41. The maximum Gasteiger partial charge on any atom is 0.251 e. The fourth-order valence-electron chi connectivity index (χ4n) is 2.58. The predicted octanol–water partition coefficient (Wildman–Crippen LogP) is 2.78. The van der Waals surface area contributed by atoms with Crippen molar-refractivity contribution in [3.63, 3.8) is 0 Å². The quantitative estimate of drug-likeness (QED) is 0.745. The molecule has 5 heteroatoms. The molecule has 0 aliphatic heterocycles. The molecule has 0 radical (unpaired) electrons. The Morgan fingerprint density at radius 2 is 1.79 bits per heavy atom. The Morgan fingerprint density at radius 1 is 1.21 bits per heavy atom. The van der Waals surface area contributed by atoms with Crippen molar-refractivity contribution in [2.24, 2.45) is 5.41 Å². The first kappa shape index (κ1) is 14.2. The van der Waals surface area contributed by atoms with Crippen molar-refractivity contribution in [2.75, 3.05) is 11.9 Å². The summed E-state index contributed by atoms with van der Waals surface area (Å²) in [6.07, 6.45) is 4.64. The van der Waals surface area contributed by atoms with E-state index < -0.39 is 0 Å². The maximum absolute atomic E-state index is 12.0. The van der Waals surface area contributed by atoms with Crippen LogP contribution >= 0.6 is 15.9 Å². The lowest BCUT2D eigenvalue weighted by molar-refractivity contribution is 0.0934. The zero-order chi connectivity index (χ0) is 13.9. The van der Waals surface area contributed by atoms with Crippen molar-refractivity contribution in [3.8, 4) is 11.5 Å². The standard InChI is InChI=1S/C14H18BrNO3/c15-8-14(3-1-2-4-14)9-16-13(19)10-5-11(17)7-12(18)6-10/h5-7,17-18H,1-4,8-9H2,(H,16,19). The summed E-state index contributed by atoms with van der Waals surface area (Å²) in [6.45, 7) is 0.619. The number of carbonyl (C=O) groups is 1. The van der Waals surface area contributed by atoms with E-state index in [1.807, 2.05) is 0 Å². The molecule has 0 heterocycles. The number of alkyl halides is 1. The van der Waals surface area contributed by atoms with Gasteiger partial charge in [0.25, 0.3) is 5.91 Å². The summed E-state index contributed by atoms with van der Waals surface area (Å²) < 4.78 is 0. The number of halogens is 1. The Balaban J connectivity index is 2.01. The predicted molar refractivity (Wildman–Crippen MR) is 76.8 cm³/mol. The summed E-state index contributed by atoms with van der Waals surface area (Å²) in [4.78, 5) is 12.0. The third-order valence-electron chi connectivity index (χ3n) is 3.74. The Labute approximate surface area is 121 Å². The number of phenolic OH excluding ortho intramolecular Hbond substituents is 2. The van der Waals surface area contributed by atoms with Crippen molar-refractivity contribution in [1.29, 1.82) is 0 Å². The molecule has 0 atom stereocenters. The summed E-state index contributed by atoms with van der Waals surface area (Å²) in [5.74, 6) is -0.485. The number of aromatic hydroxyl groups is 2. The highest BCUT2D eigenvalue weighted by atomic mass is 79.9. The number of hydrogen-bond acceptors (Lipinski definition) is 3. The van der Waals surface area contributed by atoms with Crippen LogP contribution in [0.15, 0.2) is 18.2 Å². The molecule has 0 saturated heterocycles. The Morgan fingerprint density at radius 3 is 2.32 bits per heavy atom. The van der Waals surface area contributed by atoms with Crippen LogP contribution in [0.1, 0.15) is 36.0 Å². The number of carbonyl (C=O) groups excluding carboxylic acids is 1. The zero-order valence-corrected chi connectivity index (χ0v) is 12.2. The second kappa shape index (κ2) is 5.82. The first-order chi connectivity index (χ1) is 9.04. The van der Waals surface area contributed by atoms with Crippen molar-refractivity contribution < 1.29 is 15.0 Å². The molecule has 19 heavy (non-hydrogen) atoms. The van der Waals surface area contributed by atoms with Crippen molar-refractivity contribution in [3.05, 3.63) is 23.8 Å². The number of rotatable bonds is 4. The van der Waals surface area contributed by atoms with Gasteiger partial charge in [-0.05, 0) is 30.4 Å². The topological polar surface area (TPSA) is 69.6 Å². The molecular weight excluding hydrogens is 310 g/mol. The third-order valence-corrected chi connectivity index (χ3v) is 4.93. The molecule has 0 unspecified atom stereocenters. The van der Waals surface area contributed by atoms with E-state index in [9.17, 15) is 15.0 Å². The van der Waals surface area contributed by atoms with Crippen LogP contribution in [-0.2, 0) is 0 Å². The van der Waals surface area contributed by atoms with E-state index in [1.165, 1.54) is 31.0 Å². The second-order valence-electron chi connectivity index (χ2n) is 5.26. The number of benzene rings is 1. The summed E-state index contributed by atoms with van der Waals surface area (Å²) in [5.41, 5.74) is 0.425. The molecule has 2 rings (SSSR count). The minimum atomic E-state index is -0.265. The van der Waals surface area contributed by atoms with Crippen LogP contribution in [-0.4, -0.2) is 28.0 Å². The van der Waals surface area contributed by atoms with Crippen LogP contribution in [0.2, 0.25) is 0 Å². The van der Waals surface area contributed by atoms with Crippen LogP contribution in [0, 0.1) is 5.41 Å². The molecule has 1 aliphatic rings. The number of hydrogen-bond donors (Lipinski definition) is 3. The van der Waals surface area contributed by atoms with Gasteiger partial charge >= 0.3 is 0 Å². The lowest BCUT2D eigenvalue weighted by Gasteiger charge is -2.26. The summed E-state index contributed by atoms with van der Waals surface area (Å²) in [6, 6.07) is 3.91. The minimum Gasteiger partial charge on any atom is -0.508 e. The van der Waals surface area contributed by atoms with Crippen molar-refractivity contribution in [2.45, 2.75) is 25.7 Å². The van der Waals surface area contributed by atoms with E-state index in [2.05, 4.69) is 21.2 Å². The highest BCUT2D eigenvalue weighted by molar-refractivity contribution is 9.09. The van der Waals surface area contributed by atoms with Gasteiger partial charge in [0.05, 0.1) is 0 Å². The highest BCUT2D eigenvalue weighted by Gasteiger charge is 2.33. The first-order valence-electron chi connectivity index (χ1n) is 6.42. The summed E-state index contributed by atoms with van der Waals surface area (Å²) in [5, 5.41) is 22.5. The van der Waals surface area contributed by atoms with Crippen molar-refractivity contribution >= 4 is 21.8 Å². The zero-order valence-electron chi connectivity index (χ0n) is 10.7. The van der Waals surface area contributed by atoms with Crippen LogP contribution in [0.3, 0.4) is 0 Å². The van der Waals surface area contributed by atoms with Gasteiger partial charge in [0.1, 0.15) is 11.5 Å². The fourth-order valence-corrected chi connectivity index (χ4v) is 3.34. The molecule has 1 aromatic rings. The second-order valence-corrected chi connectivity index (χ2v) is 5.82. The molecule has 0 spiro atoms. The van der Waals surface area contributed by atoms with E-state index >= 15 is 0 Å². The van der Waals surface area contributed by atoms with Gasteiger partial charge in [-0.2, -0.15) is 0 Å². The lowest BCUT2D eigenvalue weighted by Crippen LogP contribution is -2.37. The maximum atomic E-state index is 12.0. The summed E-state index contributed by atoms with van der Waals surface area (Å²) >= 11 is 3.53. The van der Waals surface area contributed by atoms with E-state index in [1.54, 1.807) is 0 Å². The van der Waals surface area contributed by atoms with E-state index in [0.29, 0.717) is 6.54 Å². The van der Waals surface area contributed by atoms with Crippen LogP contribution in [0.5, 0.6) is 11.5 Å². The molecule has 1 aliphatic carbocycles. The minimum absolute atomic E-state index is 0.110. The van der Waals surface area contributed by atoms with Gasteiger partial charge in [0, 0.05) is 23.5 Å². The van der Waals surface area contributed by atoms with Crippen LogP contribution in [0.4, 0.5) is 0 Å². The Hall–Kier alpha value is -1.23. The van der Waals surface area contributed by atoms with E-state index in [0.717, 1.165) is 18.2 Å². The molecule has 1 saturated carbocycles. The van der Waals surface area contributed by atoms with Gasteiger partial charge in [-0.25, -0.2) is 0 Å². The van der Waals surface area contributed by atoms with Gasteiger partial charge in [-0.1, -0.05) is 28.8 Å². The number of nitrogens with one attached hydrogen (secondary N) is 1. The molecule has 1 fully saturated rings. The van der Waals surface area contributed by atoms with Gasteiger partial charge in [0.15, 0.2) is 0 Å². The van der Waals surface area contributed by atoms with Gasteiger partial charge in [-0.15, -0.1) is 0 Å². The molecule has 0 bridgehead atoms. The van der Waals surface area contributed by atoms with Crippen LogP contribution in [0.25, 0.3) is 0 Å². The molecular formula is C14H18BrNO3. The number of amides is 1. The lowest BCUT2D eigenvalue weighted by atomic mass is 9.89. The highest BCUT2D eigenvalue weighted by Crippen LogP contribution is 2.39. The Kier molecular flexibility index (Phi) is 4.34. The summed E-state index contributed by atoms with van der Waals surface area (Å²) in [7, 11) is 0. The number of phenols is 2. The SMILES string of the molecule is O=C(NCC1(CBr)CCCC1)c1cc(O)cc(O)c1. The molecule has 1 aromatic carbocycles. The molecule has 3 N–H and O–H groups in total. The first-order valence-corrected chi connectivity index (χ1v) is 7.54. The Bertz CT molecular complexity index is 450. The van der Waals surface area contributed by atoms with Crippen LogP contribution < -0.4 is 5.32 Å². The fraction of sp³-hybridized carbons (Fsp3) is 0.500. The molecule has 0 aromatic heterocycles. The van der Waals surface area contributed by atoms with Gasteiger partial charge in [0.2, 0.25) is 0 Å². The van der Waals surface area contributed by atoms with Gasteiger partial charge < -0.3 is 15.5 Å². The molecule has 1 amide bonds. The van der Waals surface area contributed by atoms with E-state index in [-0.39, 0.29) is 28.4 Å². The molecule has 104 valence electrons. The van der Waals surface area contributed by atoms with Crippen molar-refractivity contribution in [1.82, 2.24) is 5.32 Å². The van der Waals surface area contributed by atoms with Gasteiger partial charge in [-0.3, -0.25) is 4.79 Å². The largest absolute Gasteiger partial charge is 0.508 e. The smallest absolute Gasteiger partial charge is 0.251 e. The molecule has 4 nitrogen and oxygen atoms in total. The monoisotopic (exact) mass is 327 g/mol. The van der Waals surface area contributed by atoms with E-state index in [4.69, 9.17) is 0 Å². The average molecular weight is 328 g/mol. The average Bonchev–Trinajstić information content (AvgIpc) is 2.84. The normalized spacial score (nSPS) is 17.3.